The summed E-state index contributed by atoms with van der Waals surface area (Å²) in [6, 6.07) is -3.15. The fraction of sp³-hybridized carbons (Fsp3) is 0.941. The summed E-state index contributed by atoms with van der Waals surface area (Å²) in [5.41, 5.74) is 0. The maximum atomic E-state index is 12.1. The van der Waals surface area contributed by atoms with Crippen molar-refractivity contribution in [2.75, 3.05) is 39.6 Å². The molecule has 0 aromatic heterocycles. The van der Waals surface area contributed by atoms with Crippen LogP contribution in [0.5, 0.6) is 0 Å². The second-order valence-electron chi connectivity index (χ2n) is 15.2. The third-order valence-corrected chi connectivity index (χ3v) is 10.8. The zero-order valence-electron chi connectivity index (χ0n) is 33.3. The highest BCUT2D eigenvalue weighted by Gasteiger charge is 2.56. The second kappa shape index (κ2) is 23.4. The Kier molecular flexibility index (Phi) is 19.9. The number of hydrogen-bond acceptors (Lipinski definition) is 26. The molecule has 62 heavy (non-hydrogen) atoms. The fourth-order valence-corrected chi connectivity index (χ4v) is 7.39. The van der Waals surface area contributed by atoms with E-state index in [1.807, 2.05) is 0 Å². The van der Waals surface area contributed by atoms with E-state index in [4.69, 9.17) is 37.9 Å². The van der Waals surface area contributed by atoms with Crippen LogP contribution in [0.2, 0.25) is 0 Å². The first kappa shape index (κ1) is 52.6. The van der Waals surface area contributed by atoms with Gasteiger partial charge in [0.1, 0.15) is 122 Å². The quantitative estimate of drug-likeness (QED) is 0.0572. The van der Waals surface area contributed by atoms with Crippen molar-refractivity contribution in [3.05, 3.63) is 0 Å². The molecule has 18 N–H and O–H groups in total. The molecule has 4 saturated heterocycles. The SMILES string of the molecule is CC(=O)N[C@H]1[C@@H](O[C@H]2[C@H](O)[C@@H](O)[C@@H](O[C@H]3[C@@H](O[C@@H](CO)[C@@H](O)[C@@H](O)[C@H](O)CO)O[C@H](CO)[C@@H](O[C@H]4O[C@H](CO)[C@@H](O)[C@H](O)[C@H]4NC(C)=O)[C@@H]3O)O[C@@H]2CO)O[C@H](CO)[C@@H](O)[C@@H]1O. The van der Waals surface area contributed by atoms with Crippen LogP contribution in [0.25, 0.3) is 0 Å². The van der Waals surface area contributed by atoms with Gasteiger partial charge in [-0.3, -0.25) is 9.59 Å². The van der Waals surface area contributed by atoms with Crippen LogP contribution in [-0.4, -0.2) is 280 Å². The smallest absolute Gasteiger partial charge is 0.217 e. The van der Waals surface area contributed by atoms with Crippen molar-refractivity contribution in [2.45, 2.75) is 161 Å². The molecule has 4 heterocycles. The highest BCUT2D eigenvalue weighted by Crippen LogP contribution is 2.35. The number of hydrogen-bond donors (Lipinski definition) is 18. The minimum Gasteiger partial charge on any atom is -0.394 e. The van der Waals surface area contributed by atoms with Crippen LogP contribution < -0.4 is 10.6 Å². The normalized spacial score (nSPS) is 43.6. The van der Waals surface area contributed by atoms with E-state index in [2.05, 4.69) is 10.6 Å². The van der Waals surface area contributed by atoms with Gasteiger partial charge in [-0.1, -0.05) is 0 Å². The van der Waals surface area contributed by atoms with Crippen LogP contribution >= 0.6 is 0 Å². The van der Waals surface area contributed by atoms with Crippen molar-refractivity contribution in [3.8, 4) is 0 Å². The summed E-state index contributed by atoms with van der Waals surface area (Å²) in [5.74, 6) is -1.50. The molecule has 28 nitrogen and oxygen atoms in total. The summed E-state index contributed by atoms with van der Waals surface area (Å²) in [7, 11) is 0. The van der Waals surface area contributed by atoms with E-state index in [9.17, 15) is 91.3 Å². The lowest BCUT2D eigenvalue weighted by molar-refractivity contribution is -0.395. The summed E-state index contributed by atoms with van der Waals surface area (Å²) in [6.45, 7) is -3.93. The number of amides is 2. The minimum atomic E-state index is -2.24. The van der Waals surface area contributed by atoms with Crippen molar-refractivity contribution in [3.63, 3.8) is 0 Å². The van der Waals surface area contributed by atoms with E-state index in [1.165, 1.54) is 0 Å². The Morgan fingerprint density at radius 1 is 0.484 bits per heavy atom. The molecule has 0 aromatic rings. The predicted molar refractivity (Wildman–Crippen MR) is 192 cm³/mol. The van der Waals surface area contributed by atoms with Gasteiger partial charge in [0.15, 0.2) is 25.2 Å². The van der Waals surface area contributed by atoms with Crippen molar-refractivity contribution in [2.24, 2.45) is 0 Å². The Bertz CT molecular complexity index is 1390. The molecule has 0 bridgehead atoms. The first-order valence-electron chi connectivity index (χ1n) is 19.5. The van der Waals surface area contributed by atoms with Gasteiger partial charge < -0.3 is 130 Å². The second-order valence-corrected chi connectivity index (χ2v) is 15.2. The number of aliphatic hydroxyl groups is 16. The zero-order valence-corrected chi connectivity index (χ0v) is 33.3. The average molecular weight is 913 g/mol. The molecule has 4 aliphatic heterocycles. The van der Waals surface area contributed by atoms with Crippen molar-refractivity contribution >= 4 is 11.8 Å². The zero-order chi connectivity index (χ0) is 46.3. The van der Waals surface area contributed by atoms with Gasteiger partial charge in [0.05, 0.1) is 39.6 Å². The summed E-state index contributed by atoms with van der Waals surface area (Å²) >= 11 is 0. The van der Waals surface area contributed by atoms with E-state index in [0.29, 0.717) is 0 Å². The lowest BCUT2D eigenvalue weighted by Crippen LogP contribution is -2.69. The van der Waals surface area contributed by atoms with Crippen LogP contribution in [0.3, 0.4) is 0 Å². The van der Waals surface area contributed by atoms with Gasteiger partial charge in [-0.05, 0) is 0 Å². The van der Waals surface area contributed by atoms with Crippen molar-refractivity contribution in [1.82, 2.24) is 10.6 Å². The number of rotatable bonds is 19. The Balaban J connectivity index is 1.68. The van der Waals surface area contributed by atoms with Gasteiger partial charge in [0.25, 0.3) is 0 Å². The van der Waals surface area contributed by atoms with Crippen LogP contribution in [0.4, 0.5) is 0 Å². The maximum absolute atomic E-state index is 12.1. The molecule has 0 saturated carbocycles. The lowest BCUT2D eigenvalue weighted by Gasteiger charge is -2.50. The molecule has 28 heteroatoms. The Morgan fingerprint density at radius 2 is 0.887 bits per heavy atom. The number of carbonyl (C=O) groups excluding carboxylic acids is 2. The topological polar surface area (TPSA) is 456 Å². The molecule has 0 unspecified atom stereocenters. The summed E-state index contributed by atoms with van der Waals surface area (Å²) in [5, 5.41) is 172. The largest absolute Gasteiger partial charge is 0.394 e. The first-order valence-corrected chi connectivity index (χ1v) is 19.5. The van der Waals surface area contributed by atoms with Gasteiger partial charge in [-0.25, -0.2) is 0 Å². The van der Waals surface area contributed by atoms with Gasteiger partial charge >= 0.3 is 0 Å². The van der Waals surface area contributed by atoms with Gasteiger partial charge in [-0.2, -0.15) is 0 Å². The predicted octanol–water partition coefficient (Wildman–Crippen LogP) is -12.0. The average Bonchev–Trinajstić information content (AvgIpc) is 3.24. The standard InChI is InChI=1S/C34H60N2O26/c1-9(43)35-17-23(50)21(48)13(5-39)55-31(17)60-28-15(7-41)58-33(26(53)25(28)52)62-30-27(54)29(61-32-18(36-10(2)44)24(51)22(49)14(6-40)56-32)16(8-42)59-34(30)57-12(4-38)20(47)19(46)11(45)3-37/h11-34,37-42,45-54H,3-8H2,1-2H3,(H,35,43)(H,36,44)/t11-,12+,13-,14-,15-,16-,17-,18-,19+,20-,21-,22-,23-,24-,25-,26-,27+,28-,29-,30-,31-,32-,33-,34+/m1/s1. The third kappa shape index (κ3) is 11.9. The van der Waals surface area contributed by atoms with Crippen molar-refractivity contribution < 1.29 is 129 Å². The van der Waals surface area contributed by atoms with Gasteiger partial charge in [0, 0.05) is 13.8 Å². The Hall–Kier alpha value is -2.02. The number of ether oxygens (including phenoxy) is 8. The van der Waals surface area contributed by atoms with Gasteiger partial charge in [0.2, 0.25) is 11.8 Å². The fourth-order valence-electron chi connectivity index (χ4n) is 7.39. The molecule has 4 rings (SSSR count). The molecule has 0 aromatic carbocycles. The number of carbonyl (C=O) groups is 2. The molecule has 4 fully saturated rings. The number of aliphatic hydroxyl groups excluding tert-OH is 16. The molecule has 4 aliphatic rings. The summed E-state index contributed by atoms with van der Waals surface area (Å²) in [6.07, 6.45) is -42.2. The van der Waals surface area contributed by atoms with E-state index < -0.39 is 199 Å². The molecule has 24 atom stereocenters. The van der Waals surface area contributed by atoms with Crippen molar-refractivity contribution in [1.29, 1.82) is 0 Å². The van der Waals surface area contributed by atoms with Crippen LogP contribution in [0.1, 0.15) is 13.8 Å². The summed E-state index contributed by atoms with van der Waals surface area (Å²) in [4.78, 5) is 24.0. The maximum Gasteiger partial charge on any atom is 0.217 e. The molecular weight excluding hydrogens is 852 g/mol. The Labute approximate surface area is 352 Å². The van der Waals surface area contributed by atoms with E-state index in [-0.39, 0.29) is 0 Å². The Morgan fingerprint density at radius 3 is 1.29 bits per heavy atom. The number of nitrogens with one attached hydrogen (secondary N) is 2. The third-order valence-electron chi connectivity index (χ3n) is 10.8. The molecular formula is C34H60N2O26. The molecule has 2 amide bonds. The van der Waals surface area contributed by atoms with Crippen LogP contribution in [0, 0.1) is 0 Å². The highest BCUT2D eigenvalue weighted by atomic mass is 16.8. The first-order chi connectivity index (χ1) is 29.3. The van der Waals surface area contributed by atoms with E-state index >= 15 is 0 Å². The van der Waals surface area contributed by atoms with Gasteiger partial charge in [-0.15, -0.1) is 0 Å². The van der Waals surface area contributed by atoms with Crippen LogP contribution in [0.15, 0.2) is 0 Å². The molecule has 0 aliphatic carbocycles. The molecule has 362 valence electrons. The van der Waals surface area contributed by atoms with E-state index in [1.54, 1.807) is 0 Å². The molecule has 0 radical (unpaired) electrons. The summed E-state index contributed by atoms with van der Waals surface area (Å²) < 4.78 is 45.8. The van der Waals surface area contributed by atoms with Crippen LogP contribution in [-0.2, 0) is 47.5 Å². The monoisotopic (exact) mass is 912 g/mol. The lowest BCUT2D eigenvalue weighted by atomic mass is 9.94. The molecule has 0 spiro atoms. The minimum absolute atomic E-state index is 0.734. The highest BCUT2D eigenvalue weighted by molar-refractivity contribution is 5.73. The van der Waals surface area contributed by atoms with E-state index in [0.717, 1.165) is 13.8 Å².